The molecule has 0 aliphatic rings. The smallest absolute Gasteiger partial charge is 0.142 e. The lowest BCUT2D eigenvalue weighted by Gasteiger charge is -2.08. The van der Waals surface area contributed by atoms with E-state index in [0.717, 1.165) is 5.56 Å². The van der Waals surface area contributed by atoms with E-state index in [1.54, 1.807) is 18.2 Å². The van der Waals surface area contributed by atoms with E-state index in [2.05, 4.69) is 0 Å². The third kappa shape index (κ3) is 3.14. The number of phenolic OH excluding ortho intramolecular Hbond substituents is 1. The van der Waals surface area contributed by atoms with Crippen molar-refractivity contribution in [3.05, 3.63) is 58.4 Å². The van der Waals surface area contributed by atoms with E-state index in [4.69, 9.17) is 16.3 Å². The fraction of sp³-hybridized carbons (Fsp3) is 0.143. The number of benzene rings is 2. The first-order valence-corrected chi connectivity index (χ1v) is 5.80. The second-order valence-electron chi connectivity index (χ2n) is 4.04. The fourth-order valence-electron chi connectivity index (χ4n) is 1.61. The predicted molar refractivity (Wildman–Crippen MR) is 68.6 cm³/mol. The highest BCUT2D eigenvalue weighted by Gasteiger charge is 2.03. The Morgan fingerprint density at radius 3 is 2.67 bits per heavy atom. The summed E-state index contributed by atoms with van der Waals surface area (Å²) < 4.78 is 18.7. The van der Waals surface area contributed by atoms with Gasteiger partial charge in [-0.1, -0.05) is 17.7 Å². The Morgan fingerprint density at radius 2 is 2.00 bits per heavy atom. The van der Waals surface area contributed by atoms with E-state index in [1.165, 1.54) is 18.2 Å². The van der Waals surface area contributed by atoms with Crippen LogP contribution in [0.1, 0.15) is 11.1 Å². The number of aromatic hydroxyl groups is 1. The van der Waals surface area contributed by atoms with Gasteiger partial charge in [-0.25, -0.2) is 4.39 Å². The first kappa shape index (κ1) is 12.7. The summed E-state index contributed by atoms with van der Waals surface area (Å²) in [6, 6.07) is 9.46. The third-order valence-corrected chi connectivity index (χ3v) is 2.73. The Kier molecular flexibility index (Phi) is 3.72. The molecule has 18 heavy (non-hydrogen) atoms. The molecule has 4 heteroatoms. The molecule has 1 N–H and O–H groups in total. The highest BCUT2D eigenvalue weighted by molar-refractivity contribution is 6.30. The third-order valence-electron chi connectivity index (χ3n) is 2.43. The van der Waals surface area contributed by atoms with Crippen molar-refractivity contribution >= 4 is 11.6 Å². The van der Waals surface area contributed by atoms with Crippen molar-refractivity contribution in [3.8, 4) is 11.5 Å². The number of rotatable bonds is 3. The fourth-order valence-corrected chi connectivity index (χ4v) is 1.73. The number of hydrogen-bond donors (Lipinski definition) is 1. The van der Waals surface area contributed by atoms with Crippen LogP contribution >= 0.6 is 11.6 Å². The molecule has 2 rings (SSSR count). The number of phenols is 1. The molecule has 2 aromatic carbocycles. The van der Waals surface area contributed by atoms with E-state index < -0.39 is 5.82 Å². The average molecular weight is 267 g/mol. The van der Waals surface area contributed by atoms with Gasteiger partial charge in [0.15, 0.2) is 0 Å². The Balaban J connectivity index is 2.08. The molecule has 94 valence electrons. The number of ether oxygens (including phenoxy) is 1. The summed E-state index contributed by atoms with van der Waals surface area (Å²) in [4.78, 5) is 0. The summed E-state index contributed by atoms with van der Waals surface area (Å²) in [5.74, 6) is 0.222. The van der Waals surface area contributed by atoms with Gasteiger partial charge in [-0.2, -0.15) is 0 Å². The molecule has 0 spiro atoms. The zero-order valence-corrected chi connectivity index (χ0v) is 10.5. The largest absolute Gasteiger partial charge is 0.508 e. The molecule has 0 atom stereocenters. The quantitative estimate of drug-likeness (QED) is 0.907. The minimum atomic E-state index is -0.468. The predicted octanol–water partition coefficient (Wildman–Crippen LogP) is 4.07. The van der Waals surface area contributed by atoms with Crippen LogP contribution < -0.4 is 4.74 Å². The first-order valence-electron chi connectivity index (χ1n) is 5.42. The lowest BCUT2D eigenvalue weighted by atomic mass is 10.2. The monoisotopic (exact) mass is 266 g/mol. The molecule has 2 nitrogen and oxygen atoms in total. The molecule has 0 saturated carbocycles. The zero-order valence-electron chi connectivity index (χ0n) is 9.78. The molecule has 0 aromatic heterocycles. The van der Waals surface area contributed by atoms with Gasteiger partial charge in [0.05, 0.1) is 5.02 Å². The highest BCUT2D eigenvalue weighted by atomic mass is 35.5. The summed E-state index contributed by atoms with van der Waals surface area (Å²) in [5.41, 5.74) is 1.57. The lowest BCUT2D eigenvalue weighted by molar-refractivity contribution is 0.303. The summed E-state index contributed by atoms with van der Waals surface area (Å²) in [6.07, 6.45) is 0. The molecule has 0 amide bonds. The van der Waals surface area contributed by atoms with Crippen molar-refractivity contribution in [2.24, 2.45) is 0 Å². The molecule has 0 fully saturated rings. The van der Waals surface area contributed by atoms with Gasteiger partial charge in [0.2, 0.25) is 0 Å². The van der Waals surface area contributed by atoms with Crippen molar-refractivity contribution < 1.29 is 14.2 Å². The number of hydrogen-bond acceptors (Lipinski definition) is 2. The average Bonchev–Trinajstić information content (AvgIpc) is 2.29. The summed E-state index contributed by atoms with van der Waals surface area (Å²) in [5, 5.41) is 9.50. The van der Waals surface area contributed by atoms with Crippen LogP contribution in [0.2, 0.25) is 5.02 Å². The van der Waals surface area contributed by atoms with Gasteiger partial charge >= 0.3 is 0 Å². The van der Waals surface area contributed by atoms with E-state index >= 15 is 0 Å². The zero-order chi connectivity index (χ0) is 13.1. The molecule has 0 aliphatic carbocycles. The minimum absolute atomic E-state index is 0.0898. The van der Waals surface area contributed by atoms with Gasteiger partial charge in [0, 0.05) is 6.07 Å². The lowest BCUT2D eigenvalue weighted by Crippen LogP contribution is -1.96. The van der Waals surface area contributed by atoms with Crippen molar-refractivity contribution in [1.29, 1.82) is 0 Å². The van der Waals surface area contributed by atoms with E-state index in [0.29, 0.717) is 11.3 Å². The molecule has 0 saturated heterocycles. The standard InChI is InChI=1S/C14H12ClFO2/c1-9-4-11(17)7-12(5-9)18-8-10-2-3-13(15)14(16)6-10/h2-7,17H,8H2,1H3. The van der Waals surface area contributed by atoms with Gasteiger partial charge in [0.1, 0.15) is 23.9 Å². The minimum Gasteiger partial charge on any atom is -0.508 e. The van der Waals surface area contributed by atoms with Crippen molar-refractivity contribution in [3.63, 3.8) is 0 Å². The van der Waals surface area contributed by atoms with Crippen molar-refractivity contribution in [2.45, 2.75) is 13.5 Å². The maximum atomic E-state index is 13.2. The maximum Gasteiger partial charge on any atom is 0.142 e. The van der Waals surface area contributed by atoms with Crippen LogP contribution in [0.3, 0.4) is 0 Å². The van der Waals surface area contributed by atoms with Crippen LogP contribution in [-0.2, 0) is 6.61 Å². The van der Waals surface area contributed by atoms with Gasteiger partial charge < -0.3 is 9.84 Å². The Morgan fingerprint density at radius 1 is 1.22 bits per heavy atom. The Bertz CT molecular complexity index is 549. The summed E-state index contributed by atoms with van der Waals surface area (Å²) in [7, 11) is 0. The normalized spacial score (nSPS) is 10.4. The summed E-state index contributed by atoms with van der Waals surface area (Å²) >= 11 is 5.59. The molecule has 0 heterocycles. The van der Waals surface area contributed by atoms with Crippen molar-refractivity contribution in [2.75, 3.05) is 0 Å². The number of halogens is 2. The molecule has 0 bridgehead atoms. The summed E-state index contributed by atoms with van der Waals surface area (Å²) in [6.45, 7) is 2.07. The van der Waals surface area contributed by atoms with E-state index in [1.807, 2.05) is 6.92 Å². The molecular formula is C14H12ClFO2. The van der Waals surface area contributed by atoms with Crippen LogP contribution in [-0.4, -0.2) is 5.11 Å². The van der Waals surface area contributed by atoms with Gasteiger partial charge in [-0.3, -0.25) is 0 Å². The van der Waals surface area contributed by atoms with Gasteiger partial charge in [-0.15, -0.1) is 0 Å². The van der Waals surface area contributed by atoms with Crippen LogP contribution in [0.15, 0.2) is 36.4 Å². The second-order valence-corrected chi connectivity index (χ2v) is 4.45. The van der Waals surface area contributed by atoms with E-state index in [-0.39, 0.29) is 17.4 Å². The first-order chi connectivity index (χ1) is 8.54. The second kappa shape index (κ2) is 5.27. The van der Waals surface area contributed by atoms with Crippen LogP contribution in [0.25, 0.3) is 0 Å². The topological polar surface area (TPSA) is 29.5 Å². The van der Waals surface area contributed by atoms with E-state index in [9.17, 15) is 9.50 Å². The SMILES string of the molecule is Cc1cc(O)cc(OCc2ccc(Cl)c(F)c2)c1. The molecule has 0 unspecified atom stereocenters. The molecule has 0 radical (unpaired) electrons. The van der Waals surface area contributed by atoms with Gasteiger partial charge in [0.25, 0.3) is 0 Å². The molecule has 2 aromatic rings. The van der Waals surface area contributed by atoms with Crippen molar-refractivity contribution in [1.82, 2.24) is 0 Å². The Labute approximate surface area is 110 Å². The highest BCUT2D eigenvalue weighted by Crippen LogP contribution is 2.23. The van der Waals surface area contributed by atoms with Gasteiger partial charge in [-0.05, 0) is 42.3 Å². The maximum absolute atomic E-state index is 13.2. The van der Waals surface area contributed by atoms with Crippen LogP contribution in [0.5, 0.6) is 11.5 Å². The Hall–Kier alpha value is -1.74. The van der Waals surface area contributed by atoms with Crippen LogP contribution in [0, 0.1) is 12.7 Å². The molecular weight excluding hydrogens is 255 g/mol. The number of aryl methyl sites for hydroxylation is 1. The van der Waals surface area contributed by atoms with Crippen LogP contribution in [0.4, 0.5) is 4.39 Å². The molecule has 0 aliphatic heterocycles.